The van der Waals surface area contributed by atoms with Crippen LogP contribution in [0.3, 0.4) is 0 Å². The van der Waals surface area contributed by atoms with Crippen LogP contribution in [0.4, 0.5) is 0 Å². The van der Waals surface area contributed by atoms with Gasteiger partial charge in [-0.05, 0) is 58.8 Å². The molecule has 1 aliphatic carbocycles. The zero-order chi connectivity index (χ0) is 38.3. The van der Waals surface area contributed by atoms with Gasteiger partial charge in [0.1, 0.15) is 23.4 Å². The second-order valence-corrected chi connectivity index (χ2v) is 14.6. The molecular weight excluding hydrogens is 678 g/mol. The number of rotatable bonds is 26. The second kappa shape index (κ2) is 21.2. The molecular formula is C36H61N5O11. The molecule has 6 N–H and O–H groups in total. The van der Waals surface area contributed by atoms with Crippen molar-refractivity contribution >= 4 is 29.4 Å². The van der Waals surface area contributed by atoms with E-state index in [0.717, 1.165) is 12.8 Å². The Morgan fingerprint density at radius 2 is 1.67 bits per heavy atom. The largest absolute Gasteiger partial charge is 0.460 e. The number of nitrogens with two attached hydrogens (primary N) is 1. The third-order valence-corrected chi connectivity index (χ3v) is 9.66. The molecule has 2 saturated heterocycles. The summed E-state index contributed by atoms with van der Waals surface area (Å²) in [5.74, 6) is 2.91. The lowest BCUT2D eigenvalue weighted by atomic mass is 9.68. The van der Waals surface area contributed by atoms with Gasteiger partial charge in [-0.2, -0.15) is 0 Å². The van der Waals surface area contributed by atoms with Gasteiger partial charge in [0.05, 0.1) is 64.1 Å². The molecule has 0 aromatic rings. The van der Waals surface area contributed by atoms with Crippen LogP contribution >= 0.6 is 0 Å². The molecule has 2 heterocycles. The maximum absolute atomic E-state index is 12.7. The van der Waals surface area contributed by atoms with Gasteiger partial charge in [-0.25, -0.2) is 5.43 Å². The molecule has 0 bridgehead atoms. The van der Waals surface area contributed by atoms with Crippen LogP contribution < -0.4 is 27.2 Å². The van der Waals surface area contributed by atoms with E-state index in [2.05, 4.69) is 48.2 Å². The Hall–Kier alpha value is -2.83. The molecule has 0 aromatic carbocycles. The van der Waals surface area contributed by atoms with Gasteiger partial charge in [0.15, 0.2) is 0 Å². The summed E-state index contributed by atoms with van der Waals surface area (Å²) in [4.78, 5) is 60.9. The van der Waals surface area contributed by atoms with Crippen LogP contribution in [-0.4, -0.2) is 131 Å². The summed E-state index contributed by atoms with van der Waals surface area (Å²) < 4.78 is 35.1. The van der Waals surface area contributed by atoms with E-state index in [1.54, 1.807) is 7.11 Å². The molecule has 2 amide bonds. The molecule has 52 heavy (non-hydrogen) atoms. The maximum Gasteiger partial charge on any atom is 0.306 e. The van der Waals surface area contributed by atoms with Gasteiger partial charge in [-0.15, -0.1) is 0 Å². The first-order valence-corrected chi connectivity index (χ1v) is 18.4. The van der Waals surface area contributed by atoms with Crippen molar-refractivity contribution in [3.8, 4) is 0 Å². The first-order chi connectivity index (χ1) is 24.8. The molecule has 1 spiro atoms. The quantitative estimate of drug-likeness (QED) is 0.0153. The predicted molar refractivity (Wildman–Crippen MR) is 190 cm³/mol. The highest BCUT2D eigenvalue weighted by atomic mass is 16.6. The van der Waals surface area contributed by atoms with Crippen molar-refractivity contribution in [3.05, 3.63) is 11.6 Å². The van der Waals surface area contributed by atoms with Gasteiger partial charge in [0.2, 0.25) is 23.4 Å². The molecule has 0 radical (unpaired) electrons. The summed E-state index contributed by atoms with van der Waals surface area (Å²) in [7, 11) is 1.66. The van der Waals surface area contributed by atoms with Gasteiger partial charge in [-0.3, -0.25) is 29.8 Å². The number of ketones is 2. The van der Waals surface area contributed by atoms with E-state index in [4.69, 9.17) is 34.3 Å². The van der Waals surface area contributed by atoms with Gasteiger partial charge in [-0.1, -0.05) is 25.5 Å². The number of allylic oxidation sites excluding steroid dienone is 1. The Balaban J connectivity index is 1.19. The molecule has 3 aliphatic rings. The average Bonchev–Trinajstić information content (AvgIpc) is 4.02. The fraction of sp³-hybridized carbons (Fsp3) is 0.806. The van der Waals surface area contributed by atoms with Crippen LogP contribution in [0, 0.1) is 11.8 Å². The molecule has 4 unspecified atom stereocenters. The lowest BCUT2D eigenvalue weighted by Gasteiger charge is -2.42. The maximum atomic E-state index is 12.7. The van der Waals surface area contributed by atoms with Crippen LogP contribution in [-0.2, 0) is 52.4 Å². The second-order valence-electron chi connectivity index (χ2n) is 14.6. The number of nitrogens with one attached hydrogen (secondary N) is 4. The average molecular weight is 740 g/mol. The number of hydrogen-bond donors (Lipinski definition) is 5. The van der Waals surface area contributed by atoms with Crippen LogP contribution in [0.25, 0.3) is 0 Å². The minimum Gasteiger partial charge on any atom is -0.460 e. The van der Waals surface area contributed by atoms with E-state index >= 15 is 0 Å². The number of hydrogen-bond acceptors (Lipinski definition) is 14. The van der Waals surface area contributed by atoms with Crippen LogP contribution in [0.15, 0.2) is 11.6 Å². The lowest BCUT2D eigenvalue weighted by Crippen LogP contribution is -2.55. The predicted octanol–water partition coefficient (Wildman–Crippen LogP) is 0.258. The SMILES string of the molecule is COC1C(OC(=O)CCCOCCOCCNC(=O)CNCC(=O)C(=O)CNC(=O)[C@H](CC(C)C)NN)CC[C@]2(CO2)C1C1(C)O[C@@H]1CC=C(C)C. The van der Waals surface area contributed by atoms with E-state index in [-0.39, 0.29) is 85.9 Å². The molecule has 3 rings (SSSR count). The third-order valence-electron chi connectivity index (χ3n) is 9.66. The number of Topliss-reactive ketones (excluding diaryl/α,β-unsaturated/α-hetero) is 2. The number of ether oxygens (including phenoxy) is 6. The third kappa shape index (κ3) is 13.5. The Labute approximate surface area is 307 Å². The Bertz CT molecular complexity index is 1240. The monoisotopic (exact) mass is 739 g/mol. The van der Waals surface area contributed by atoms with Crippen LogP contribution in [0.5, 0.6) is 0 Å². The standard InChI is InChI=1S/C36H61N5O11/c1-23(2)9-10-29-35(5,52-29)33-32(47-6)28(11-12-36(33)22-50-36)51-31(45)8-7-14-48-16-17-49-15-13-39-30(44)21-38-19-26(42)27(43)20-40-34(46)25(41-37)18-24(3)4/h9,24-25,28-29,32-33,38,41H,7-8,10-22,37H2,1-6H3,(H,39,44)(H,40,46)/t25-,28?,29+,32?,33?,35?,36-/m0/s1. The number of esters is 1. The highest BCUT2D eigenvalue weighted by Gasteiger charge is 2.72. The van der Waals surface area contributed by atoms with Crippen molar-refractivity contribution in [2.75, 3.05) is 66.3 Å². The van der Waals surface area contributed by atoms with Crippen molar-refractivity contribution in [3.63, 3.8) is 0 Å². The van der Waals surface area contributed by atoms with Gasteiger partial charge in [0.25, 0.3) is 0 Å². The summed E-state index contributed by atoms with van der Waals surface area (Å²) in [6.07, 6.45) is 5.10. The van der Waals surface area contributed by atoms with E-state index in [0.29, 0.717) is 45.7 Å². The fourth-order valence-electron chi connectivity index (χ4n) is 6.76. The molecule has 296 valence electrons. The minimum atomic E-state index is -0.782. The summed E-state index contributed by atoms with van der Waals surface area (Å²) in [6, 6.07) is -0.667. The van der Waals surface area contributed by atoms with Gasteiger partial charge in [0, 0.05) is 26.7 Å². The first kappa shape index (κ1) is 43.6. The molecule has 3 fully saturated rings. The molecule has 16 nitrogen and oxygen atoms in total. The normalized spacial score (nSPS) is 26.8. The van der Waals surface area contributed by atoms with Crippen LogP contribution in [0.1, 0.15) is 73.1 Å². The molecule has 16 heteroatoms. The zero-order valence-corrected chi connectivity index (χ0v) is 31.7. The number of carbonyl (C=O) groups is 5. The number of hydrazine groups is 1. The van der Waals surface area contributed by atoms with Gasteiger partial charge < -0.3 is 44.4 Å². The molecule has 0 aromatic heterocycles. The van der Waals surface area contributed by atoms with Crippen molar-refractivity contribution in [2.24, 2.45) is 17.7 Å². The first-order valence-electron chi connectivity index (χ1n) is 18.4. The van der Waals surface area contributed by atoms with E-state index < -0.39 is 30.1 Å². The summed E-state index contributed by atoms with van der Waals surface area (Å²) in [5.41, 5.74) is 2.99. The number of methoxy groups -OCH3 is 1. The highest BCUT2D eigenvalue weighted by molar-refractivity contribution is 6.39. The van der Waals surface area contributed by atoms with Crippen molar-refractivity contribution in [1.82, 2.24) is 21.4 Å². The van der Waals surface area contributed by atoms with E-state index in [1.165, 1.54) is 5.57 Å². The Morgan fingerprint density at radius 1 is 0.981 bits per heavy atom. The molecule has 7 atom stereocenters. The summed E-state index contributed by atoms with van der Waals surface area (Å²) in [6.45, 7) is 11.3. The lowest BCUT2D eigenvalue weighted by molar-refractivity contribution is -0.172. The van der Waals surface area contributed by atoms with Crippen LogP contribution in [0.2, 0.25) is 0 Å². The van der Waals surface area contributed by atoms with Crippen molar-refractivity contribution in [2.45, 2.75) is 109 Å². The number of amides is 2. The number of carbonyl (C=O) groups excluding carboxylic acids is 5. The van der Waals surface area contributed by atoms with Crippen molar-refractivity contribution in [1.29, 1.82) is 0 Å². The summed E-state index contributed by atoms with van der Waals surface area (Å²) in [5, 5.41) is 7.66. The minimum absolute atomic E-state index is 0.0238. The molecule has 2 aliphatic heterocycles. The topological polar surface area (TPSA) is 221 Å². The Morgan fingerprint density at radius 3 is 2.31 bits per heavy atom. The van der Waals surface area contributed by atoms with E-state index in [1.807, 2.05) is 13.8 Å². The van der Waals surface area contributed by atoms with Crippen molar-refractivity contribution < 1.29 is 52.4 Å². The Kier molecular flexibility index (Phi) is 17.7. The number of epoxide rings is 2. The highest BCUT2D eigenvalue weighted by Crippen LogP contribution is 2.59. The zero-order valence-electron chi connectivity index (χ0n) is 31.7. The molecule has 1 saturated carbocycles. The van der Waals surface area contributed by atoms with Gasteiger partial charge >= 0.3 is 5.97 Å². The summed E-state index contributed by atoms with van der Waals surface area (Å²) >= 11 is 0. The smallest absolute Gasteiger partial charge is 0.306 e. The fourth-order valence-corrected chi connectivity index (χ4v) is 6.76. The van der Waals surface area contributed by atoms with E-state index in [9.17, 15) is 24.0 Å².